The fourth-order valence-corrected chi connectivity index (χ4v) is 2.08. The lowest BCUT2D eigenvalue weighted by Crippen LogP contribution is -2.13. The molecule has 1 N–H and O–H groups in total. The number of nitrogens with one attached hydrogen (secondary N) is 1. The number of rotatable bonds is 4. The monoisotopic (exact) mass is 343 g/mol. The van der Waals surface area contributed by atoms with Crippen LogP contribution in [0.25, 0.3) is 0 Å². The molecule has 0 aliphatic heterocycles. The summed E-state index contributed by atoms with van der Waals surface area (Å²) in [6.07, 6.45) is -0.560. The van der Waals surface area contributed by atoms with E-state index in [2.05, 4.69) is 5.32 Å². The van der Waals surface area contributed by atoms with Gasteiger partial charge < -0.3 is 4.74 Å². The molecule has 1 amide bonds. The zero-order valence-corrected chi connectivity index (χ0v) is 13.2. The Morgan fingerprint density at radius 3 is 2.29 bits per heavy atom. The number of halogens is 3. The lowest BCUT2D eigenvalue weighted by Gasteiger charge is -2.08. The minimum Gasteiger partial charge on any atom is -0.444 e. The second kappa shape index (κ2) is 7.55. The second-order valence-corrected chi connectivity index (χ2v) is 5.36. The van der Waals surface area contributed by atoms with Crippen molar-refractivity contribution in [2.24, 2.45) is 0 Å². The highest BCUT2D eigenvalue weighted by molar-refractivity contribution is 6.42. The number of carbonyl (C=O) groups is 1. The SMILES string of the molecule is O=C(Nc1ccc(Cl)c(Cl)c1)OCc1ccc(CCl)cc1. The lowest BCUT2D eigenvalue weighted by molar-refractivity contribution is 0.155. The van der Waals surface area contributed by atoms with Crippen LogP contribution in [-0.2, 0) is 17.2 Å². The van der Waals surface area contributed by atoms with E-state index in [1.807, 2.05) is 24.3 Å². The van der Waals surface area contributed by atoms with Crippen molar-refractivity contribution in [2.45, 2.75) is 12.5 Å². The first-order valence-corrected chi connectivity index (χ1v) is 7.40. The summed E-state index contributed by atoms with van der Waals surface area (Å²) >= 11 is 17.4. The van der Waals surface area contributed by atoms with Crippen LogP contribution in [0.3, 0.4) is 0 Å². The van der Waals surface area contributed by atoms with Gasteiger partial charge in [-0.1, -0.05) is 47.5 Å². The van der Waals surface area contributed by atoms with Gasteiger partial charge >= 0.3 is 6.09 Å². The Morgan fingerprint density at radius 2 is 1.67 bits per heavy atom. The van der Waals surface area contributed by atoms with Gasteiger partial charge in [0.1, 0.15) is 6.61 Å². The predicted octanol–water partition coefficient (Wildman–Crippen LogP) is 5.48. The summed E-state index contributed by atoms with van der Waals surface area (Å²) in [5.41, 5.74) is 2.42. The van der Waals surface area contributed by atoms with E-state index in [1.54, 1.807) is 18.2 Å². The first kappa shape index (κ1) is 16.0. The average Bonchev–Trinajstić information content (AvgIpc) is 2.49. The molecule has 21 heavy (non-hydrogen) atoms. The van der Waals surface area contributed by atoms with Crippen LogP contribution in [0.15, 0.2) is 42.5 Å². The number of benzene rings is 2. The number of hydrogen-bond acceptors (Lipinski definition) is 2. The molecular weight excluding hydrogens is 333 g/mol. The van der Waals surface area contributed by atoms with E-state index in [0.29, 0.717) is 21.6 Å². The summed E-state index contributed by atoms with van der Waals surface area (Å²) in [5, 5.41) is 3.37. The van der Waals surface area contributed by atoms with E-state index in [4.69, 9.17) is 39.5 Å². The fraction of sp³-hybridized carbons (Fsp3) is 0.133. The fourth-order valence-electron chi connectivity index (χ4n) is 1.60. The Kier molecular flexibility index (Phi) is 5.74. The van der Waals surface area contributed by atoms with Crippen LogP contribution in [-0.4, -0.2) is 6.09 Å². The molecule has 0 aliphatic rings. The third-order valence-corrected chi connectivity index (χ3v) is 3.76. The highest BCUT2D eigenvalue weighted by Crippen LogP contribution is 2.25. The van der Waals surface area contributed by atoms with Crippen LogP contribution in [0.5, 0.6) is 0 Å². The molecule has 6 heteroatoms. The van der Waals surface area contributed by atoms with Crippen LogP contribution in [0.1, 0.15) is 11.1 Å². The number of amides is 1. The number of anilines is 1. The van der Waals surface area contributed by atoms with Gasteiger partial charge in [-0.3, -0.25) is 5.32 Å². The molecule has 2 aromatic rings. The third kappa shape index (κ3) is 4.81. The minimum absolute atomic E-state index is 0.176. The summed E-state index contributed by atoms with van der Waals surface area (Å²) in [5.74, 6) is 0.457. The van der Waals surface area contributed by atoms with Crippen LogP contribution in [0.2, 0.25) is 10.0 Å². The Balaban J connectivity index is 1.87. The van der Waals surface area contributed by atoms with Gasteiger partial charge in [0, 0.05) is 11.6 Å². The van der Waals surface area contributed by atoms with Crippen molar-refractivity contribution in [3.63, 3.8) is 0 Å². The summed E-state index contributed by atoms with van der Waals surface area (Å²) in [7, 11) is 0. The van der Waals surface area contributed by atoms with Gasteiger partial charge in [-0.2, -0.15) is 0 Å². The molecule has 0 saturated carbocycles. The molecule has 3 nitrogen and oxygen atoms in total. The van der Waals surface area contributed by atoms with Gasteiger partial charge in [-0.05, 0) is 29.3 Å². The molecule has 0 fully saturated rings. The summed E-state index contributed by atoms with van der Waals surface area (Å²) < 4.78 is 5.12. The topological polar surface area (TPSA) is 38.3 Å². The molecule has 110 valence electrons. The van der Waals surface area contributed by atoms with Gasteiger partial charge in [0.2, 0.25) is 0 Å². The standard InChI is InChI=1S/C15H12Cl3NO2/c16-8-10-1-3-11(4-2-10)9-21-15(20)19-12-5-6-13(17)14(18)7-12/h1-7H,8-9H2,(H,19,20). The Hall–Kier alpha value is -1.42. The van der Waals surface area contributed by atoms with Crippen molar-refractivity contribution in [3.8, 4) is 0 Å². The highest BCUT2D eigenvalue weighted by atomic mass is 35.5. The zero-order chi connectivity index (χ0) is 15.2. The maximum absolute atomic E-state index is 11.7. The van der Waals surface area contributed by atoms with Crippen LogP contribution in [0.4, 0.5) is 10.5 Å². The van der Waals surface area contributed by atoms with Crippen LogP contribution in [0, 0.1) is 0 Å². The largest absolute Gasteiger partial charge is 0.444 e. The van der Waals surface area contributed by atoms with E-state index < -0.39 is 6.09 Å². The van der Waals surface area contributed by atoms with Gasteiger partial charge in [0.25, 0.3) is 0 Å². The lowest BCUT2D eigenvalue weighted by atomic mass is 10.2. The number of ether oxygens (including phenoxy) is 1. The molecule has 0 aromatic heterocycles. The number of carbonyl (C=O) groups excluding carboxylic acids is 1. The molecule has 0 aliphatic carbocycles. The highest BCUT2D eigenvalue weighted by Gasteiger charge is 2.06. The van der Waals surface area contributed by atoms with Crippen molar-refractivity contribution in [2.75, 3.05) is 5.32 Å². The smallest absolute Gasteiger partial charge is 0.411 e. The second-order valence-electron chi connectivity index (χ2n) is 4.28. The summed E-state index contributed by atoms with van der Waals surface area (Å²) in [6.45, 7) is 0.176. The zero-order valence-electron chi connectivity index (χ0n) is 10.9. The van der Waals surface area contributed by atoms with Crippen molar-refractivity contribution in [3.05, 3.63) is 63.6 Å². The molecule has 0 unspecified atom stereocenters. The van der Waals surface area contributed by atoms with Crippen LogP contribution >= 0.6 is 34.8 Å². The molecule has 0 atom stereocenters. The summed E-state index contributed by atoms with van der Waals surface area (Å²) in [6, 6.07) is 12.3. The van der Waals surface area contributed by atoms with Crippen molar-refractivity contribution >= 4 is 46.6 Å². The Labute approximate surface area is 137 Å². The van der Waals surface area contributed by atoms with Gasteiger partial charge in [-0.15, -0.1) is 11.6 Å². The molecule has 0 bridgehead atoms. The van der Waals surface area contributed by atoms with Gasteiger partial charge in [-0.25, -0.2) is 4.79 Å². The first-order chi connectivity index (χ1) is 10.1. The number of alkyl halides is 1. The Morgan fingerprint density at radius 1 is 1.00 bits per heavy atom. The van der Waals surface area contributed by atoms with E-state index in [0.717, 1.165) is 11.1 Å². The maximum atomic E-state index is 11.7. The van der Waals surface area contributed by atoms with Gasteiger partial charge in [0.05, 0.1) is 10.0 Å². The summed E-state index contributed by atoms with van der Waals surface area (Å²) in [4.78, 5) is 11.7. The van der Waals surface area contributed by atoms with Crippen molar-refractivity contribution < 1.29 is 9.53 Å². The first-order valence-electron chi connectivity index (χ1n) is 6.11. The molecule has 0 spiro atoms. The third-order valence-electron chi connectivity index (χ3n) is 2.71. The molecule has 2 aromatic carbocycles. The normalized spacial score (nSPS) is 10.2. The van der Waals surface area contributed by atoms with Crippen molar-refractivity contribution in [1.82, 2.24) is 0 Å². The maximum Gasteiger partial charge on any atom is 0.411 e. The quantitative estimate of drug-likeness (QED) is 0.746. The Bertz CT molecular complexity index is 629. The molecule has 0 saturated heterocycles. The van der Waals surface area contributed by atoms with E-state index in [9.17, 15) is 4.79 Å². The van der Waals surface area contributed by atoms with E-state index >= 15 is 0 Å². The minimum atomic E-state index is -0.560. The van der Waals surface area contributed by atoms with E-state index in [-0.39, 0.29) is 6.61 Å². The molecular formula is C15H12Cl3NO2. The molecule has 2 rings (SSSR count). The van der Waals surface area contributed by atoms with Crippen LogP contribution < -0.4 is 5.32 Å². The molecule has 0 radical (unpaired) electrons. The van der Waals surface area contributed by atoms with E-state index in [1.165, 1.54) is 0 Å². The predicted molar refractivity (Wildman–Crippen MR) is 86.3 cm³/mol. The van der Waals surface area contributed by atoms with Gasteiger partial charge in [0.15, 0.2) is 0 Å². The number of hydrogen-bond donors (Lipinski definition) is 1. The van der Waals surface area contributed by atoms with Crippen molar-refractivity contribution in [1.29, 1.82) is 0 Å². The average molecular weight is 345 g/mol. The molecule has 0 heterocycles.